The van der Waals surface area contributed by atoms with Crippen molar-refractivity contribution in [3.05, 3.63) is 18.5 Å². The maximum absolute atomic E-state index is 13.0. The normalized spacial score (nSPS) is 23.7. The van der Waals surface area contributed by atoms with Gasteiger partial charge in [0, 0.05) is 32.4 Å². The lowest BCUT2D eigenvalue weighted by Crippen LogP contribution is -2.53. The SMILES string of the molecule is CC(=O)N[C@H](C(=O)N1CCC[C@@H](n2cccn2)C1)C1CCCC1. The molecule has 0 spiro atoms. The van der Waals surface area contributed by atoms with Crippen LogP contribution in [0.5, 0.6) is 0 Å². The topological polar surface area (TPSA) is 67.2 Å². The molecule has 3 rings (SSSR count). The number of carbonyl (C=O) groups is 2. The lowest BCUT2D eigenvalue weighted by molar-refractivity contribution is -0.139. The second kappa shape index (κ2) is 7.15. The van der Waals surface area contributed by atoms with Gasteiger partial charge in [-0.05, 0) is 37.7 Å². The molecule has 23 heavy (non-hydrogen) atoms. The molecule has 1 saturated carbocycles. The van der Waals surface area contributed by atoms with Crippen molar-refractivity contribution in [2.45, 2.75) is 57.5 Å². The van der Waals surface area contributed by atoms with Crippen molar-refractivity contribution in [2.24, 2.45) is 5.92 Å². The number of aromatic nitrogens is 2. The molecule has 2 heterocycles. The van der Waals surface area contributed by atoms with Crippen LogP contribution in [0.3, 0.4) is 0 Å². The van der Waals surface area contributed by atoms with Gasteiger partial charge < -0.3 is 10.2 Å². The fourth-order valence-electron chi connectivity index (χ4n) is 3.96. The first kappa shape index (κ1) is 16.0. The molecule has 0 unspecified atom stereocenters. The summed E-state index contributed by atoms with van der Waals surface area (Å²) in [6.07, 6.45) is 10.1. The number of likely N-dealkylation sites (tertiary alicyclic amines) is 1. The van der Waals surface area contributed by atoms with Gasteiger partial charge in [0.2, 0.25) is 11.8 Å². The van der Waals surface area contributed by atoms with Crippen molar-refractivity contribution in [3.8, 4) is 0 Å². The Morgan fingerprint density at radius 1 is 1.22 bits per heavy atom. The van der Waals surface area contributed by atoms with Gasteiger partial charge in [0.05, 0.1) is 6.04 Å². The zero-order chi connectivity index (χ0) is 16.2. The van der Waals surface area contributed by atoms with E-state index in [1.807, 2.05) is 21.8 Å². The van der Waals surface area contributed by atoms with Crippen LogP contribution in [-0.2, 0) is 9.59 Å². The fraction of sp³-hybridized carbons (Fsp3) is 0.706. The van der Waals surface area contributed by atoms with Gasteiger partial charge >= 0.3 is 0 Å². The van der Waals surface area contributed by atoms with E-state index >= 15 is 0 Å². The Hall–Kier alpha value is -1.85. The molecule has 1 saturated heterocycles. The highest BCUT2D eigenvalue weighted by Gasteiger charge is 2.36. The third kappa shape index (κ3) is 3.74. The Morgan fingerprint density at radius 2 is 2.00 bits per heavy atom. The predicted molar refractivity (Wildman–Crippen MR) is 86.6 cm³/mol. The number of carbonyl (C=O) groups excluding carboxylic acids is 2. The Morgan fingerprint density at radius 3 is 2.65 bits per heavy atom. The van der Waals surface area contributed by atoms with Crippen LogP contribution >= 0.6 is 0 Å². The van der Waals surface area contributed by atoms with E-state index in [0.717, 1.165) is 45.1 Å². The van der Waals surface area contributed by atoms with Crippen LogP contribution < -0.4 is 5.32 Å². The number of nitrogens with one attached hydrogen (secondary N) is 1. The monoisotopic (exact) mass is 318 g/mol. The van der Waals surface area contributed by atoms with E-state index in [9.17, 15) is 9.59 Å². The van der Waals surface area contributed by atoms with Crippen molar-refractivity contribution < 1.29 is 9.59 Å². The molecule has 0 bridgehead atoms. The Bertz CT molecular complexity index is 537. The maximum atomic E-state index is 13.0. The standard InChI is InChI=1S/C17H26N4O2/c1-13(22)19-16(14-6-2-3-7-14)17(23)20-10-4-8-15(12-20)21-11-5-9-18-21/h5,9,11,14-16H,2-4,6-8,10,12H2,1H3,(H,19,22)/t15-,16+/m1/s1. The van der Waals surface area contributed by atoms with Crippen LogP contribution in [-0.4, -0.2) is 45.6 Å². The van der Waals surface area contributed by atoms with Crippen LogP contribution in [0.25, 0.3) is 0 Å². The van der Waals surface area contributed by atoms with Crippen LogP contribution in [0.2, 0.25) is 0 Å². The lowest BCUT2D eigenvalue weighted by atomic mass is 9.95. The minimum Gasteiger partial charge on any atom is -0.344 e. The molecule has 2 fully saturated rings. The highest BCUT2D eigenvalue weighted by atomic mass is 16.2. The molecule has 126 valence electrons. The second-order valence-electron chi connectivity index (χ2n) is 6.79. The average molecular weight is 318 g/mol. The molecular formula is C17H26N4O2. The Balaban J connectivity index is 1.69. The summed E-state index contributed by atoms with van der Waals surface area (Å²) < 4.78 is 1.95. The molecule has 2 atom stereocenters. The smallest absolute Gasteiger partial charge is 0.245 e. The van der Waals surface area contributed by atoms with Crippen molar-refractivity contribution in [2.75, 3.05) is 13.1 Å². The zero-order valence-corrected chi connectivity index (χ0v) is 13.8. The van der Waals surface area contributed by atoms with E-state index in [-0.39, 0.29) is 29.8 Å². The van der Waals surface area contributed by atoms with Gasteiger partial charge in [-0.3, -0.25) is 14.3 Å². The molecule has 2 amide bonds. The number of rotatable bonds is 4. The zero-order valence-electron chi connectivity index (χ0n) is 13.8. The van der Waals surface area contributed by atoms with E-state index in [1.165, 1.54) is 6.92 Å². The van der Waals surface area contributed by atoms with E-state index in [1.54, 1.807) is 6.20 Å². The second-order valence-corrected chi connectivity index (χ2v) is 6.79. The fourth-order valence-corrected chi connectivity index (χ4v) is 3.96. The van der Waals surface area contributed by atoms with Crippen LogP contribution in [0, 0.1) is 5.92 Å². The summed E-state index contributed by atoms with van der Waals surface area (Å²) in [5.41, 5.74) is 0. The minimum absolute atomic E-state index is 0.0870. The van der Waals surface area contributed by atoms with E-state index in [4.69, 9.17) is 0 Å². The third-order valence-electron chi connectivity index (χ3n) is 5.10. The molecule has 0 aromatic carbocycles. The van der Waals surface area contributed by atoms with E-state index < -0.39 is 0 Å². The van der Waals surface area contributed by atoms with Crippen molar-refractivity contribution in [3.63, 3.8) is 0 Å². The van der Waals surface area contributed by atoms with Gasteiger partial charge in [-0.25, -0.2) is 0 Å². The van der Waals surface area contributed by atoms with Gasteiger partial charge in [-0.15, -0.1) is 0 Å². The largest absolute Gasteiger partial charge is 0.344 e. The summed E-state index contributed by atoms with van der Waals surface area (Å²) in [5.74, 6) is 0.260. The maximum Gasteiger partial charge on any atom is 0.245 e. The Kier molecular flexibility index (Phi) is 4.98. The van der Waals surface area contributed by atoms with Gasteiger partial charge in [-0.2, -0.15) is 5.10 Å². The number of amides is 2. The van der Waals surface area contributed by atoms with E-state index in [2.05, 4.69) is 10.4 Å². The molecule has 6 nitrogen and oxygen atoms in total. The molecule has 1 aromatic rings. The number of piperidine rings is 1. The van der Waals surface area contributed by atoms with Crippen molar-refractivity contribution >= 4 is 11.8 Å². The molecule has 6 heteroatoms. The number of hydrogen-bond acceptors (Lipinski definition) is 3. The number of hydrogen-bond donors (Lipinski definition) is 1. The first-order chi connectivity index (χ1) is 11.1. The highest BCUT2D eigenvalue weighted by molar-refractivity contribution is 5.87. The molecule has 1 aliphatic carbocycles. The summed E-state index contributed by atoms with van der Waals surface area (Å²) >= 11 is 0. The summed E-state index contributed by atoms with van der Waals surface area (Å²) in [5, 5.41) is 7.23. The van der Waals surface area contributed by atoms with Crippen LogP contribution in [0.1, 0.15) is 51.5 Å². The van der Waals surface area contributed by atoms with Gasteiger partial charge in [0.25, 0.3) is 0 Å². The minimum atomic E-state index is -0.355. The number of nitrogens with zero attached hydrogens (tertiary/aromatic N) is 3. The first-order valence-electron chi connectivity index (χ1n) is 8.70. The summed E-state index contributed by atoms with van der Waals surface area (Å²) in [6.45, 7) is 2.96. The quantitative estimate of drug-likeness (QED) is 0.919. The van der Waals surface area contributed by atoms with Crippen molar-refractivity contribution in [1.82, 2.24) is 20.0 Å². The lowest BCUT2D eigenvalue weighted by Gasteiger charge is -2.36. The molecule has 1 aromatic heterocycles. The summed E-state index contributed by atoms with van der Waals surface area (Å²) in [6, 6.07) is 1.80. The van der Waals surface area contributed by atoms with Gasteiger partial charge in [0.15, 0.2) is 0 Å². The van der Waals surface area contributed by atoms with E-state index in [0.29, 0.717) is 6.54 Å². The third-order valence-corrected chi connectivity index (χ3v) is 5.10. The van der Waals surface area contributed by atoms with Crippen LogP contribution in [0.15, 0.2) is 18.5 Å². The predicted octanol–water partition coefficient (Wildman–Crippen LogP) is 1.74. The molecule has 1 N–H and O–H groups in total. The summed E-state index contributed by atoms with van der Waals surface area (Å²) in [4.78, 5) is 26.5. The van der Waals surface area contributed by atoms with Gasteiger partial charge in [0.1, 0.15) is 6.04 Å². The van der Waals surface area contributed by atoms with Crippen LogP contribution in [0.4, 0.5) is 0 Å². The average Bonchev–Trinajstić information content (AvgIpc) is 3.25. The Labute approximate surface area is 137 Å². The summed E-state index contributed by atoms with van der Waals surface area (Å²) in [7, 11) is 0. The van der Waals surface area contributed by atoms with Crippen molar-refractivity contribution in [1.29, 1.82) is 0 Å². The first-order valence-corrected chi connectivity index (χ1v) is 8.70. The highest BCUT2D eigenvalue weighted by Crippen LogP contribution is 2.30. The molecule has 0 radical (unpaired) electrons. The molecular weight excluding hydrogens is 292 g/mol. The molecule has 1 aliphatic heterocycles. The van der Waals surface area contributed by atoms with Gasteiger partial charge in [-0.1, -0.05) is 12.8 Å². The molecule has 2 aliphatic rings.